The summed E-state index contributed by atoms with van der Waals surface area (Å²) in [5.41, 5.74) is 6.66. The zero-order valence-corrected chi connectivity index (χ0v) is 13.6. The van der Waals surface area contributed by atoms with Gasteiger partial charge in [-0.1, -0.05) is 0 Å². The van der Waals surface area contributed by atoms with Gasteiger partial charge in [0.1, 0.15) is 0 Å². The maximum absolute atomic E-state index is 10.8. The van der Waals surface area contributed by atoms with Crippen LogP contribution in [-0.2, 0) is 4.79 Å². The van der Waals surface area contributed by atoms with Gasteiger partial charge in [-0.15, -0.1) is 0 Å². The molecule has 1 unspecified atom stereocenters. The average molecular weight is 358 g/mol. The molecule has 0 saturated heterocycles. The molecule has 0 radical (unpaired) electrons. The molecule has 1 aliphatic rings. The molecular formula is C15H20BrNO4. The number of rotatable bonds is 6. The molecule has 0 amide bonds. The molecule has 5 nitrogen and oxygen atoms in total. The summed E-state index contributed by atoms with van der Waals surface area (Å²) in [7, 11) is 1.58. The first-order valence-electron chi connectivity index (χ1n) is 7.02. The lowest BCUT2D eigenvalue weighted by molar-refractivity contribution is -0.137. The minimum Gasteiger partial charge on any atom is -0.492 e. The zero-order chi connectivity index (χ0) is 15.4. The van der Waals surface area contributed by atoms with Gasteiger partial charge in [-0.25, -0.2) is 0 Å². The third kappa shape index (κ3) is 4.11. The summed E-state index contributed by atoms with van der Waals surface area (Å²) in [6, 6.07) is 3.00. The Bertz CT molecular complexity index is 515. The highest BCUT2D eigenvalue weighted by Gasteiger charge is 2.21. The van der Waals surface area contributed by atoms with Crippen LogP contribution in [0.1, 0.15) is 43.7 Å². The first-order valence-corrected chi connectivity index (χ1v) is 7.82. The van der Waals surface area contributed by atoms with Crippen molar-refractivity contribution in [3.63, 3.8) is 0 Å². The van der Waals surface area contributed by atoms with Crippen LogP contribution < -0.4 is 15.2 Å². The van der Waals surface area contributed by atoms with E-state index in [1.165, 1.54) is 12.8 Å². The Kier molecular flexibility index (Phi) is 5.47. The van der Waals surface area contributed by atoms with Crippen LogP contribution >= 0.6 is 15.9 Å². The van der Waals surface area contributed by atoms with E-state index >= 15 is 0 Å². The monoisotopic (exact) mass is 357 g/mol. The Hall–Kier alpha value is -1.27. The number of ether oxygens (including phenoxy) is 2. The van der Waals surface area contributed by atoms with Crippen molar-refractivity contribution in [2.45, 2.75) is 44.2 Å². The van der Waals surface area contributed by atoms with Crippen LogP contribution in [0.25, 0.3) is 0 Å². The van der Waals surface area contributed by atoms with Crippen LogP contribution in [0, 0.1) is 0 Å². The van der Waals surface area contributed by atoms with E-state index in [0.29, 0.717) is 11.5 Å². The lowest BCUT2D eigenvalue weighted by atomic mass is 10.0. The molecule has 2 rings (SSSR count). The van der Waals surface area contributed by atoms with Crippen molar-refractivity contribution in [3.8, 4) is 11.5 Å². The number of hydrogen-bond acceptors (Lipinski definition) is 4. The quantitative estimate of drug-likeness (QED) is 0.816. The largest absolute Gasteiger partial charge is 0.492 e. The molecule has 1 fully saturated rings. The lowest BCUT2D eigenvalue weighted by Crippen LogP contribution is -2.16. The summed E-state index contributed by atoms with van der Waals surface area (Å²) in [4.78, 5) is 10.8. The third-order valence-electron chi connectivity index (χ3n) is 3.65. The SMILES string of the molecule is COc1c(Br)cc(C(N)CC(=O)O)cc1OC1CCCC1. The number of hydrogen-bond donors (Lipinski definition) is 2. The van der Waals surface area contributed by atoms with Gasteiger partial charge in [0, 0.05) is 6.04 Å². The predicted octanol–water partition coefficient (Wildman–Crippen LogP) is 3.25. The number of benzene rings is 1. The molecule has 6 heteroatoms. The standard InChI is InChI=1S/C15H20BrNO4/c1-20-15-11(16)6-9(12(17)8-14(18)19)7-13(15)21-10-4-2-3-5-10/h6-7,10,12H,2-5,8,17H2,1H3,(H,18,19). The molecule has 0 aromatic heterocycles. The summed E-state index contributed by atoms with van der Waals surface area (Å²) >= 11 is 3.43. The van der Waals surface area contributed by atoms with E-state index in [4.69, 9.17) is 20.3 Å². The van der Waals surface area contributed by atoms with Gasteiger partial charge in [0.25, 0.3) is 0 Å². The van der Waals surface area contributed by atoms with Crippen LogP contribution in [0.3, 0.4) is 0 Å². The second kappa shape index (κ2) is 7.13. The minimum atomic E-state index is -0.923. The van der Waals surface area contributed by atoms with E-state index in [9.17, 15) is 4.79 Å². The van der Waals surface area contributed by atoms with Crippen LogP contribution in [0.4, 0.5) is 0 Å². The van der Waals surface area contributed by atoms with Gasteiger partial charge in [-0.05, 0) is 59.3 Å². The maximum atomic E-state index is 10.8. The van der Waals surface area contributed by atoms with Crippen LogP contribution in [-0.4, -0.2) is 24.3 Å². The van der Waals surface area contributed by atoms with E-state index in [2.05, 4.69) is 15.9 Å². The Morgan fingerprint density at radius 2 is 2.14 bits per heavy atom. The molecule has 21 heavy (non-hydrogen) atoms. The molecule has 1 aromatic carbocycles. The van der Waals surface area contributed by atoms with Crippen molar-refractivity contribution < 1.29 is 19.4 Å². The molecule has 0 heterocycles. The van der Waals surface area contributed by atoms with E-state index in [-0.39, 0.29) is 12.5 Å². The molecule has 116 valence electrons. The number of methoxy groups -OCH3 is 1. The molecule has 0 spiro atoms. The number of carbonyl (C=O) groups is 1. The summed E-state index contributed by atoms with van der Waals surface area (Å²) in [5.74, 6) is 0.315. The number of carboxylic acid groups (broad SMARTS) is 1. The van der Waals surface area contributed by atoms with Crippen LogP contribution in [0.2, 0.25) is 0 Å². The Labute approximate surface area is 132 Å². The highest BCUT2D eigenvalue weighted by Crippen LogP contribution is 2.40. The number of carboxylic acids is 1. The zero-order valence-electron chi connectivity index (χ0n) is 12.0. The summed E-state index contributed by atoms with van der Waals surface area (Å²) in [6.45, 7) is 0. The van der Waals surface area contributed by atoms with Crippen molar-refractivity contribution in [3.05, 3.63) is 22.2 Å². The van der Waals surface area contributed by atoms with Crippen molar-refractivity contribution in [2.75, 3.05) is 7.11 Å². The van der Waals surface area contributed by atoms with Gasteiger partial charge in [-0.3, -0.25) is 4.79 Å². The van der Waals surface area contributed by atoms with Crippen molar-refractivity contribution in [1.82, 2.24) is 0 Å². The lowest BCUT2D eigenvalue weighted by Gasteiger charge is -2.19. The van der Waals surface area contributed by atoms with Crippen molar-refractivity contribution in [2.24, 2.45) is 5.73 Å². The number of aliphatic carboxylic acids is 1. The first kappa shape index (κ1) is 16.1. The van der Waals surface area contributed by atoms with E-state index in [1.54, 1.807) is 19.2 Å². The second-order valence-corrected chi connectivity index (χ2v) is 6.12. The molecule has 3 N–H and O–H groups in total. The Balaban J connectivity index is 2.27. The molecule has 1 aromatic rings. The fraction of sp³-hybridized carbons (Fsp3) is 0.533. The minimum absolute atomic E-state index is 0.123. The Morgan fingerprint density at radius 3 is 2.71 bits per heavy atom. The van der Waals surface area contributed by atoms with Crippen LogP contribution in [0.5, 0.6) is 11.5 Å². The maximum Gasteiger partial charge on any atom is 0.305 e. The summed E-state index contributed by atoms with van der Waals surface area (Å²) in [5, 5.41) is 8.87. The van der Waals surface area contributed by atoms with Gasteiger partial charge in [-0.2, -0.15) is 0 Å². The summed E-state index contributed by atoms with van der Waals surface area (Å²) in [6.07, 6.45) is 4.48. The molecule has 1 atom stereocenters. The first-order chi connectivity index (χ1) is 10.0. The Morgan fingerprint density at radius 1 is 1.48 bits per heavy atom. The normalized spacial score (nSPS) is 16.7. The predicted molar refractivity (Wildman–Crippen MR) is 82.8 cm³/mol. The smallest absolute Gasteiger partial charge is 0.305 e. The number of halogens is 1. The van der Waals surface area contributed by atoms with Gasteiger partial charge >= 0.3 is 5.97 Å². The van der Waals surface area contributed by atoms with E-state index in [1.807, 2.05) is 0 Å². The molecule has 0 bridgehead atoms. The van der Waals surface area contributed by atoms with Crippen molar-refractivity contribution in [1.29, 1.82) is 0 Å². The van der Waals surface area contributed by atoms with Gasteiger partial charge in [0.2, 0.25) is 0 Å². The highest BCUT2D eigenvalue weighted by molar-refractivity contribution is 9.10. The highest BCUT2D eigenvalue weighted by atomic mass is 79.9. The molecule has 0 aliphatic heterocycles. The average Bonchev–Trinajstić information content (AvgIpc) is 2.90. The van der Waals surface area contributed by atoms with E-state index in [0.717, 1.165) is 22.9 Å². The van der Waals surface area contributed by atoms with Crippen molar-refractivity contribution >= 4 is 21.9 Å². The van der Waals surface area contributed by atoms with Gasteiger partial charge in [0.15, 0.2) is 11.5 Å². The number of nitrogens with two attached hydrogens (primary N) is 1. The fourth-order valence-electron chi connectivity index (χ4n) is 2.58. The molecule has 1 aliphatic carbocycles. The molecular weight excluding hydrogens is 338 g/mol. The third-order valence-corrected chi connectivity index (χ3v) is 4.24. The summed E-state index contributed by atoms with van der Waals surface area (Å²) < 4.78 is 12.1. The molecule has 1 saturated carbocycles. The fourth-order valence-corrected chi connectivity index (χ4v) is 3.20. The second-order valence-electron chi connectivity index (χ2n) is 5.26. The van der Waals surface area contributed by atoms with Gasteiger partial charge in [0.05, 0.1) is 24.1 Å². The van der Waals surface area contributed by atoms with Crippen LogP contribution in [0.15, 0.2) is 16.6 Å². The van der Waals surface area contributed by atoms with E-state index < -0.39 is 12.0 Å². The topological polar surface area (TPSA) is 81.8 Å². The van der Waals surface area contributed by atoms with Gasteiger partial charge < -0.3 is 20.3 Å².